The summed E-state index contributed by atoms with van der Waals surface area (Å²) in [5.74, 6) is -0.485. The molecular formula is C17H17NO3S. The van der Waals surface area contributed by atoms with Gasteiger partial charge in [0, 0.05) is 16.6 Å². The molecule has 4 nitrogen and oxygen atoms in total. The molecule has 2 rings (SSSR count). The number of aryl methyl sites for hydroxylation is 1. The minimum Gasteiger partial charge on any atom is -0.463 e. The van der Waals surface area contributed by atoms with E-state index < -0.39 is 0 Å². The zero-order chi connectivity index (χ0) is 15.9. The van der Waals surface area contributed by atoms with E-state index in [1.54, 1.807) is 25.1 Å². The average molecular weight is 315 g/mol. The van der Waals surface area contributed by atoms with Crippen molar-refractivity contribution in [3.05, 3.63) is 57.8 Å². The highest BCUT2D eigenvalue weighted by atomic mass is 32.1. The Labute approximate surface area is 133 Å². The molecule has 0 aliphatic heterocycles. The molecule has 0 atom stereocenters. The van der Waals surface area contributed by atoms with E-state index in [1.807, 2.05) is 31.2 Å². The molecule has 0 bridgehead atoms. The summed E-state index contributed by atoms with van der Waals surface area (Å²) in [4.78, 5) is 25.0. The number of benzene rings is 1. The molecule has 0 fully saturated rings. The van der Waals surface area contributed by atoms with Gasteiger partial charge in [-0.3, -0.25) is 4.79 Å². The smallest absolute Gasteiger partial charge is 0.330 e. The second-order valence-corrected chi connectivity index (χ2v) is 5.86. The number of esters is 1. The highest BCUT2D eigenvalue weighted by Crippen LogP contribution is 2.18. The third-order valence-corrected chi connectivity index (χ3v) is 3.83. The summed E-state index contributed by atoms with van der Waals surface area (Å²) in [5, 5.41) is 2.84. The lowest BCUT2D eigenvalue weighted by Gasteiger charge is -2.04. The van der Waals surface area contributed by atoms with Gasteiger partial charge in [0.05, 0.1) is 11.5 Å². The summed E-state index contributed by atoms with van der Waals surface area (Å²) in [6.45, 7) is 4.08. The number of anilines is 1. The molecule has 0 spiro atoms. The third-order valence-electron chi connectivity index (χ3n) is 2.83. The van der Waals surface area contributed by atoms with Gasteiger partial charge in [0.2, 0.25) is 0 Å². The summed E-state index contributed by atoms with van der Waals surface area (Å²) in [5.41, 5.74) is 1.57. The van der Waals surface area contributed by atoms with Crippen LogP contribution < -0.4 is 5.32 Å². The lowest BCUT2D eigenvalue weighted by Crippen LogP contribution is -2.09. The van der Waals surface area contributed by atoms with Crippen molar-refractivity contribution >= 4 is 35.0 Å². The van der Waals surface area contributed by atoms with Crippen LogP contribution in [0.2, 0.25) is 0 Å². The largest absolute Gasteiger partial charge is 0.463 e. The van der Waals surface area contributed by atoms with Crippen LogP contribution in [0.25, 0.3) is 6.08 Å². The Kier molecular flexibility index (Phi) is 5.49. The van der Waals surface area contributed by atoms with Gasteiger partial charge in [-0.2, -0.15) is 0 Å². The second-order valence-electron chi connectivity index (χ2n) is 4.57. The highest BCUT2D eigenvalue weighted by Gasteiger charge is 2.07. The molecule has 1 aromatic heterocycles. The fourth-order valence-electron chi connectivity index (χ4n) is 1.78. The molecule has 0 aliphatic carbocycles. The van der Waals surface area contributed by atoms with E-state index in [9.17, 15) is 9.59 Å². The predicted octanol–water partition coefficient (Wildman–Crippen LogP) is 3.89. The molecule has 22 heavy (non-hydrogen) atoms. The topological polar surface area (TPSA) is 55.4 Å². The van der Waals surface area contributed by atoms with Crippen LogP contribution >= 0.6 is 11.3 Å². The van der Waals surface area contributed by atoms with Gasteiger partial charge in [-0.1, -0.05) is 12.1 Å². The Hall–Kier alpha value is -2.40. The molecule has 0 aliphatic rings. The molecule has 1 heterocycles. The van der Waals surface area contributed by atoms with Crippen molar-refractivity contribution in [3.8, 4) is 0 Å². The van der Waals surface area contributed by atoms with Crippen LogP contribution in [0, 0.1) is 6.92 Å². The number of rotatable bonds is 5. The Bertz CT molecular complexity index is 686. The van der Waals surface area contributed by atoms with E-state index in [-0.39, 0.29) is 11.9 Å². The molecule has 0 saturated carbocycles. The van der Waals surface area contributed by atoms with Crippen LogP contribution in [0.3, 0.4) is 0 Å². The molecule has 0 unspecified atom stereocenters. The van der Waals surface area contributed by atoms with Crippen molar-refractivity contribution < 1.29 is 14.3 Å². The summed E-state index contributed by atoms with van der Waals surface area (Å²) in [6, 6.07) is 11.0. The van der Waals surface area contributed by atoms with E-state index in [1.165, 1.54) is 17.4 Å². The van der Waals surface area contributed by atoms with Crippen molar-refractivity contribution in [1.82, 2.24) is 0 Å². The molecular weight excluding hydrogens is 298 g/mol. The van der Waals surface area contributed by atoms with Crippen molar-refractivity contribution in [2.45, 2.75) is 13.8 Å². The first kappa shape index (κ1) is 16.0. The van der Waals surface area contributed by atoms with E-state index >= 15 is 0 Å². The van der Waals surface area contributed by atoms with Crippen molar-refractivity contribution in [2.75, 3.05) is 11.9 Å². The van der Waals surface area contributed by atoms with Gasteiger partial charge in [0.15, 0.2) is 0 Å². The minimum absolute atomic E-state index is 0.118. The standard InChI is InChI=1S/C17H17NO3S/c1-3-21-16(19)11-7-13-5-8-14(9-6-13)18-17(20)15-10-4-12(2)22-15/h4-11H,3H2,1-2H3,(H,18,20)/b11-7+. The summed E-state index contributed by atoms with van der Waals surface area (Å²) >= 11 is 1.46. The zero-order valence-electron chi connectivity index (χ0n) is 12.5. The van der Waals surface area contributed by atoms with Crippen LogP contribution in [0.1, 0.15) is 27.0 Å². The van der Waals surface area contributed by atoms with Crippen molar-refractivity contribution in [1.29, 1.82) is 0 Å². The fraction of sp³-hybridized carbons (Fsp3) is 0.176. The monoisotopic (exact) mass is 315 g/mol. The van der Waals surface area contributed by atoms with Crippen LogP contribution in [0.4, 0.5) is 5.69 Å². The lowest BCUT2D eigenvalue weighted by molar-refractivity contribution is -0.137. The number of carbonyl (C=O) groups excluding carboxylic acids is 2. The molecule has 2 aromatic rings. The first-order valence-electron chi connectivity index (χ1n) is 6.91. The Morgan fingerprint density at radius 1 is 1.18 bits per heavy atom. The molecule has 114 valence electrons. The third kappa shape index (κ3) is 4.56. The van der Waals surface area contributed by atoms with Crippen molar-refractivity contribution in [3.63, 3.8) is 0 Å². The van der Waals surface area contributed by atoms with Crippen molar-refractivity contribution in [2.24, 2.45) is 0 Å². The molecule has 1 N–H and O–H groups in total. The van der Waals surface area contributed by atoms with E-state index in [0.29, 0.717) is 17.2 Å². The maximum Gasteiger partial charge on any atom is 0.330 e. The number of ether oxygens (including phenoxy) is 1. The number of thiophene rings is 1. The highest BCUT2D eigenvalue weighted by molar-refractivity contribution is 7.14. The molecule has 1 amide bonds. The van der Waals surface area contributed by atoms with Crippen LogP contribution in [-0.4, -0.2) is 18.5 Å². The van der Waals surface area contributed by atoms with Gasteiger partial charge in [0.1, 0.15) is 0 Å². The van der Waals surface area contributed by atoms with Crippen LogP contribution in [-0.2, 0) is 9.53 Å². The fourth-order valence-corrected chi connectivity index (χ4v) is 2.54. The van der Waals surface area contributed by atoms with E-state index in [0.717, 1.165) is 10.4 Å². The quantitative estimate of drug-likeness (QED) is 0.673. The van der Waals surface area contributed by atoms with E-state index in [4.69, 9.17) is 4.74 Å². The predicted molar refractivity (Wildman–Crippen MR) is 89.1 cm³/mol. The first-order chi connectivity index (χ1) is 10.6. The lowest BCUT2D eigenvalue weighted by atomic mass is 10.2. The molecule has 1 aromatic carbocycles. The van der Waals surface area contributed by atoms with Gasteiger partial charge in [-0.15, -0.1) is 11.3 Å². The minimum atomic E-state index is -0.368. The SMILES string of the molecule is CCOC(=O)/C=C/c1ccc(NC(=O)c2ccc(C)s2)cc1. The molecule has 5 heteroatoms. The first-order valence-corrected chi connectivity index (χ1v) is 7.73. The summed E-state index contributed by atoms with van der Waals surface area (Å²) < 4.78 is 4.81. The number of carbonyl (C=O) groups is 2. The average Bonchev–Trinajstić information content (AvgIpc) is 2.93. The molecule has 0 saturated heterocycles. The van der Waals surface area contributed by atoms with Gasteiger partial charge in [0.25, 0.3) is 5.91 Å². The Morgan fingerprint density at radius 3 is 2.50 bits per heavy atom. The zero-order valence-corrected chi connectivity index (χ0v) is 13.3. The molecule has 0 radical (unpaired) electrons. The van der Waals surface area contributed by atoms with Gasteiger partial charge >= 0.3 is 5.97 Å². The summed E-state index contributed by atoms with van der Waals surface area (Å²) in [7, 11) is 0. The number of nitrogens with one attached hydrogen (secondary N) is 1. The normalized spacial score (nSPS) is 10.6. The Morgan fingerprint density at radius 2 is 1.91 bits per heavy atom. The second kappa shape index (κ2) is 7.56. The summed E-state index contributed by atoms with van der Waals surface area (Å²) in [6.07, 6.45) is 3.05. The van der Waals surface area contributed by atoms with Gasteiger partial charge in [-0.05, 0) is 49.8 Å². The Balaban J connectivity index is 1.97. The maximum atomic E-state index is 12.0. The van der Waals surface area contributed by atoms with Crippen LogP contribution in [0.5, 0.6) is 0 Å². The number of amides is 1. The number of hydrogen-bond acceptors (Lipinski definition) is 4. The van der Waals surface area contributed by atoms with Gasteiger partial charge in [-0.25, -0.2) is 4.79 Å². The number of hydrogen-bond donors (Lipinski definition) is 1. The van der Waals surface area contributed by atoms with Gasteiger partial charge < -0.3 is 10.1 Å². The van der Waals surface area contributed by atoms with Crippen LogP contribution in [0.15, 0.2) is 42.5 Å². The maximum absolute atomic E-state index is 12.0. The van der Waals surface area contributed by atoms with E-state index in [2.05, 4.69) is 5.32 Å².